The van der Waals surface area contributed by atoms with Crippen molar-refractivity contribution in [1.82, 2.24) is 10.6 Å². The number of amides is 1. The predicted molar refractivity (Wildman–Crippen MR) is 109 cm³/mol. The number of carbonyl (C=O) groups excluding carboxylic acids is 1. The van der Waals surface area contributed by atoms with Gasteiger partial charge in [-0.2, -0.15) is 0 Å². The molecule has 24 heavy (non-hydrogen) atoms. The molecule has 0 unspecified atom stereocenters. The zero-order chi connectivity index (χ0) is 16.1. The summed E-state index contributed by atoms with van der Waals surface area (Å²) in [6, 6.07) is 8.19. The fourth-order valence-corrected chi connectivity index (χ4v) is 2.96. The Morgan fingerprint density at radius 1 is 1.29 bits per heavy atom. The minimum Gasteiger partial charge on any atom is -0.356 e. The molecule has 2 aliphatic rings. The third-order valence-electron chi connectivity index (χ3n) is 4.53. The molecule has 0 bridgehead atoms. The first-order chi connectivity index (χ1) is 11.3. The molecule has 0 radical (unpaired) electrons. The maximum absolute atomic E-state index is 12.4. The minimum absolute atomic E-state index is 0. The Morgan fingerprint density at radius 3 is 2.83 bits per heavy atom. The molecule has 0 spiro atoms. The number of benzene rings is 1. The first-order valence-corrected chi connectivity index (χ1v) is 8.60. The predicted octanol–water partition coefficient (Wildman–Crippen LogP) is 2.55. The smallest absolute Gasteiger partial charge is 0.227 e. The number of hydrogen-bond donors (Lipinski definition) is 2. The summed E-state index contributed by atoms with van der Waals surface area (Å²) in [5.74, 6) is 1.89. The van der Waals surface area contributed by atoms with Crippen LogP contribution in [-0.2, 0) is 11.2 Å². The van der Waals surface area contributed by atoms with E-state index in [4.69, 9.17) is 0 Å². The molecule has 1 fully saturated rings. The monoisotopic (exact) mass is 442 g/mol. The van der Waals surface area contributed by atoms with Gasteiger partial charge in [-0.3, -0.25) is 9.79 Å². The number of anilines is 1. The molecule has 132 valence electrons. The fraction of sp³-hybridized carbons (Fsp3) is 0.556. The van der Waals surface area contributed by atoms with E-state index in [1.165, 1.54) is 18.4 Å². The minimum atomic E-state index is 0. The van der Waals surface area contributed by atoms with Gasteiger partial charge in [-0.25, -0.2) is 0 Å². The lowest BCUT2D eigenvalue weighted by atomic mass is 10.2. The Labute approximate surface area is 161 Å². The summed E-state index contributed by atoms with van der Waals surface area (Å²) in [5, 5.41) is 6.62. The summed E-state index contributed by atoms with van der Waals surface area (Å²) in [6.07, 6.45) is 5.02. The standard InChI is InChI=1S/C18H26N4O.HI/c1-19-18(21-13-14-8-9-14)20-11-4-7-17(23)22-12-10-15-5-2-3-6-16(15)22;/h2-3,5-6,14H,4,7-13H2,1H3,(H2,19,20,21);1H. The number of aliphatic imine (C=N–C) groups is 1. The van der Waals surface area contributed by atoms with Gasteiger partial charge in [0.2, 0.25) is 5.91 Å². The van der Waals surface area contributed by atoms with Gasteiger partial charge in [0.15, 0.2) is 5.96 Å². The Bertz CT molecular complexity index is 586. The highest BCUT2D eigenvalue weighted by Crippen LogP contribution is 2.28. The Hall–Kier alpha value is -1.31. The molecule has 3 rings (SSSR count). The Kier molecular flexibility index (Phi) is 7.33. The first-order valence-electron chi connectivity index (χ1n) is 8.60. The highest BCUT2D eigenvalue weighted by Gasteiger charge is 2.23. The van der Waals surface area contributed by atoms with Gasteiger partial charge in [0.1, 0.15) is 0 Å². The topological polar surface area (TPSA) is 56.7 Å². The quantitative estimate of drug-likeness (QED) is 0.308. The van der Waals surface area contributed by atoms with E-state index in [1.807, 2.05) is 23.1 Å². The Balaban J connectivity index is 0.00000208. The number of carbonyl (C=O) groups is 1. The van der Waals surface area contributed by atoms with Crippen LogP contribution in [-0.4, -0.2) is 38.5 Å². The van der Waals surface area contributed by atoms with Crippen molar-refractivity contribution in [1.29, 1.82) is 0 Å². The lowest BCUT2D eigenvalue weighted by molar-refractivity contribution is -0.118. The summed E-state index contributed by atoms with van der Waals surface area (Å²) in [7, 11) is 1.79. The van der Waals surface area contributed by atoms with Gasteiger partial charge in [-0.15, -0.1) is 24.0 Å². The molecular weight excluding hydrogens is 415 g/mol. The third-order valence-corrected chi connectivity index (χ3v) is 4.53. The van der Waals surface area contributed by atoms with Gasteiger partial charge in [0.05, 0.1) is 0 Å². The second kappa shape index (κ2) is 9.25. The Morgan fingerprint density at radius 2 is 2.08 bits per heavy atom. The summed E-state index contributed by atoms with van der Waals surface area (Å²) in [4.78, 5) is 18.5. The van der Waals surface area contributed by atoms with E-state index < -0.39 is 0 Å². The molecule has 1 aromatic rings. The van der Waals surface area contributed by atoms with E-state index in [-0.39, 0.29) is 29.9 Å². The van der Waals surface area contributed by atoms with Crippen molar-refractivity contribution < 1.29 is 4.79 Å². The van der Waals surface area contributed by atoms with Crippen LogP contribution >= 0.6 is 24.0 Å². The summed E-state index contributed by atoms with van der Waals surface area (Å²) in [5.41, 5.74) is 2.37. The average Bonchev–Trinajstić information content (AvgIpc) is 3.31. The number of nitrogens with zero attached hydrogens (tertiary/aromatic N) is 2. The highest BCUT2D eigenvalue weighted by molar-refractivity contribution is 14.0. The van der Waals surface area contributed by atoms with Gasteiger partial charge < -0.3 is 15.5 Å². The molecule has 1 saturated carbocycles. The molecule has 6 heteroatoms. The second-order valence-corrected chi connectivity index (χ2v) is 6.35. The number of halogens is 1. The lowest BCUT2D eigenvalue weighted by Gasteiger charge is -2.17. The molecular formula is C18H27IN4O. The van der Waals surface area contributed by atoms with Crippen LogP contribution < -0.4 is 15.5 Å². The van der Waals surface area contributed by atoms with Gasteiger partial charge >= 0.3 is 0 Å². The maximum atomic E-state index is 12.4. The molecule has 0 aromatic heterocycles. The van der Waals surface area contributed by atoms with Crippen LogP contribution in [0.3, 0.4) is 0 Å². The lowest BCUT2D eigenvalue weighted by Crippen LogP contribution is -2.39. The normalized spacial score (nSPS) is 16.4. The number of fused-ring (bicyclic) bond motifs is 1. The molecule has 2 N–H and O–H groups in total. The molecule has 0 saturated heterocycles. The van der Waals surface area contributed by atoms with Crippen molar-refractivity contribution in [2.75, 3.05) is 31.6 Å². The van der Waals surface area contributed by atoms with E-state index in [0.29, 0.717) is 6.42 Å². The maximum Gasteiger partial charge on any atom is 0.227 e. The molecule has 1 aromatic carbocycles. The van der Waals surface area contributed by atoms with Crippen molar-refractivity contribution in [3.8, 4) is 0 Å². The van der Waals surface area contributed by atoms with Gasteiger partial charge in [-0.1, -0.05) is 18.2 Å². The number of rotatable bonds is 6. The molecule has 0 atom stereocenters. The van der Waals surface area contributed by atoms with Crippen LogP contribution in [0, 0.1) is 5.92 Å². The summed E-state index contributed by atoms with van der Waals surface area (Å²) >= 11 is 0. The van der Waals surface area contributed by atoms with Crippen LogP contribution in [0.25, 0.3) is 0 Å². The number of hydrogen-bond acceptors (Lipinski definition) is 2. The second-order valence-electron chi connectivity index (χ2n) is 6.35. The van der Waals surface area contributed by atoms with Crippen LogP contribution in [0.5, 0.6) is 0 Å². The van der Waals surface area contributed by atoms with Crippen LogP contribution in [0.4, 0.5) is 5.69 Å². The van der Waals surface area contributed by atoms with E-state index in [1.54, 1.807) is 7.05 Å². The van der Waals surface area contributed by atoms with Crippen molar-refractivity contribution in [3.05, 3.63) is 29.8 Å². The van der Waals surface area contributed by atoms with E-state index >= 15 is 0 Å². The first kappa shape index (κ1) is 19.0. The fourth-order valence-electron chi connectivity index (χ4n) is 2.96. The molecule has 1 heterocycles. The van der Waals surface area contributed by atoms with Gasteiger partial charge in [0.25, 0.3) is 0 Å². The van der Waals surface area contributed by atoms with Crippen LogP contribution in [0.15, 0.2) is 29.3 Å². The van der Waals surface area contributed by atoms with Crippen molar-refractivity contribution in [2.45, 2.75) is 32.1 Å². The van der Waals surface area contributed by atoms with Crippen molar-refractivity contribution in [3.63, 3.8) is 0 Å². The number of guanidine groups is 1. The summed E-state index contributed by atoms with van der Waals surface area (Å²) < 4.78 is 0. The largest absolute Gasteiger partial charge is 0.356 e. The average molecular weight is 442 g/mol. The van der Waals surface area contributed by atoms with E-state index in [0.717, 1.165) is 50.0 Å². The number of nitrogens with one attached hydrogen (secondary N) is 2. The zero-order valence-corrected chi connectivity index (χ0v) is 16.6. The molecule has 1 aliphatic heterocycles. The molecule has 1 amide bonds. The van der Waals surface area contributed by atoms with Gasteiger partial charge in [-0.05, 0) is 43.2 Å². The zero-order valence-electron chi connectivity index (χ0n) is 14.3. The van der Waals surface area contributed by atoms with E-state index in [9.17, 15) is 4.79 Å². The highest BCUT2D eigenvalue weighted by atomic mass is 127. The SMILES string of the molecule is CN=C(NCCCC(=O)N1CCc2ccccc21)NCC1CC1.I. The molecule has 1 aliphatic carbocycles. The van der Waals surface area contributed by atoms with Crippen molar-refractivity contribution in [2.24, 2.45) is 10.9 Å². The van der Waals surface area contributed by atoms with Gasteiger partial charge in [0, 0.05) is 38.8 Å². The third kappa shape index (κ3) is 5.09. The van der Waals surface area contributed by atoms with Crippen molar-refractivity contribution >= 4 is 41.5 Å². The van der Waals surface area contributed by atoms with Crippen LogP contribution in [0.1, 0.15) is 31.2 Å². The van der Waals surface area contributed by atoms with E-state index in [2.05, 4.69) is 21.7 Å². The van der Waals surface area contributed by atoms with Crippen LogP contribution in [0.2, 0.25) is 0 Å². The number of para-hydroxylation sites is 1. The summed E-state index contributed by atoms with van der Waals surface area (Å²) in [6.45, 7) is 2.59. The molecule has 5 nitrogen and oxygen atoms in total.